The fraction of sp³-hybridized carbons (Fsp3) is 0.625. The Kier molecular flexibility index (Phi) is 8.83. The zero-order chi connectivity index (χ0) is 27.4. The number of rotatable bonds is 14. The summed E-state index contributed by atoms with van der Waals surface area (Å²) in [6.07, 6.45) is 18.2. The van der Waals surface area contributed by atoms with Crippen molar-refractivity contribution in [2.24, 2.45) is 0 Å². The van der Waals surface area contributed by atoms with Gasteiger partial charge in [-0.3, -0.25) is 0 Å². The lowest BCUT2D eigenvalue weighted by molar-refractivity contribution is 0.177. The summed E-state index contributed by atoms with van der Waals surface area (Å²) in [4.78, 5) is 0. The molecule has 3 heterocycles. The maximum atomic E-state index is 6.52. The zero-order valence-electron chi connectivity index (χ0n) is 24.4. The highest BCUT2D eigenvalue weighted by molar-refractivity contribution is 6.42. The Bertz CT molecular complexity index is 1150. The normalized spacial score (nSPS) is 17.6. The van der Waals surface area contributed by atoms with Crippen LogP contribution in [0.4, 0.5) is 0 Å². The summed E-state index contributed by atoms with van der Waals surface area (Å²) >= 11 is 0. The first kappa shape index (κ1) is 27.8. The van der Waals surface area contributed by atoms with Crippen molar-refractivity contribution in [2.45, 2.75) is 116 Å². The van der Waals surface area contributed by atoms with E-state index in [2.05, 4.69) is 38.1 Å². The van der Waals surface area contributed by atoms with Gasteiger partial charge in [-0.1, -0.05) is 115 Å². The molecule has 0 N–H and O–H groups in total. The van der Waals surface area contributed by atoms with Gasteiger partial charge < -0.3 is 27.9 Å². The second-order valence-corrected chi connectivity index (χ2v) is 11.9. The first-order valence-corrected chi connectivity index (χ1v) is 16.0. The lowest BCUT2D eigenvalue weighted by Crippen LogP contribution is -2.31. The Morgan fingerprint density at radius 1 is 0.625 bits per heavy atom. The van der Waals surface area contributed by atoms with Gasteiger partial charge in [0.25, 0.3) is 0 Å². The molecule has 0 saturated heterocycles. The predicted octanol–water partition coefficient (Wildman–Crippen LogP) is 8.40. The van der Waals surface area contributed by atoms with Crippen LogP contribution in [0.2, 0.25) is 0 Å². The number of benzene rings is 2. The van der Waals surface area contributed by atoms with Gasteiger partial charge in [0.1, 0.15) is 0 Å². The fourth-order valence-corrected chi connectivity index (χ4v) is 7.11. The molecule has 4 aliphatic rings. The number of fused-ring (bicyclic) bond motifs is 7. The van der Waals surface area contributed by atoms with Crippen molar-refractivity contribution in [2.75, 3.05) is 13.2 Å². The Morgan fingerprint density at radius 3 is 1.80 bits per heavy atom. The van der Waals surface area contributed by atoms with Crippen LogP contribution in [-0.2, 0) is 14.7 Å². The van der Waals surface area contributed by atoms with Crippen LogP contribution in [0, 0.1) is 0 Å². The van der Waals surface area contributed by atoms with E-state index in [9.17, 15) is 0 Å². The highest BCUT2D eigenvalue weighted by atomic mass is 16.8. The molecule has 2 aromatic rings. The zero-order valence-corrected chi connectivity index (χ0v) is 24.4. The van der Waals surface area contributed by atoms with Gasteiger partial charge in [0, 0.05) is 29.8 Å². The van der Waals surface area contributed by atoms with Gasteiger partial charge in [0.2, 0.25) is 0 Å². The first-order chi connectivity index (χ1) is 19.8. The predicted molar refractivity (Wildman–Crippen MR) is 159 cm³/mol. The third-order valence-corrected chi connectivity index (χ3v) is 9.08. The molecular formula is C32H44B2O6. The smallest absolute Gasteiger partial charge is 0.497 e. The van der Waals surface area contributed by atoms with Crippen LogP contribution in [-0.4, -0.2) is 27.9 Å². The molecule has 40 heavy (non-hydrogen) atoms. The molecule has 0 unspecified atom stereocenters. The standard InChI is InChI=1S/C32H44B2O6/c1-3-5-7-9-11-15-20-32(21-16-12-10-8-6-4-2)25-19-14-13-18-24(25)26-27(32)29-31-30-28(26)37-33(39-30)35-22-17-23-36-34(38-29)40-31/h13-14,18-19H,3-12,15-17,20-23H2,1-2H3. The van der Waals surface area contributed by atoms with Crippen LogP contribution in [0.25, 0.3) is 11.1 Å². The van der Waals surface area contributed by atoms with Crippen LogP contribution in [0.3, 0.4) is 0 Å². The molecule has 2 aromatic carbocycles. The molecule has 6 rings (SSSR count). The van der Waals surface area contributed by atoms with Gasteiger partial charge in [-0.05, 0) is 30.4 Å². The fourth-order valence-electron chi connectivity index (χ4n) is 7.11. The lowest BCUT2D eigenvalue weighted by atomic mass is 9.70. The maximum Gasteiger partial charge on any atom is 0.788 e. The van der Waals surface area contributed by atoms with Crippen molar-refractivity contribution >= 4 is 14.6 Å². The van der Waals surface area contributed by atoms with Crippen molar-refractivity contribution in [3.8, 4) is 34.1 Å². The molecule has 6 nitrogen and oxygen atoms in total. The molecule has 8 heteroatoms. The molecule has 1 aliphatic carbocycles. The lowest BCUT2D eigenvalue weighted by Gasteiger charge is -2.33. The summed E-state index contributed by atoms with van der Waals surface area (Å²) in [5, 5.41) is 0. The van der Waals surface area contributed by atoms with Crippen LogP contribution in [0.15, 0.2) is 24.3 Å². The van der Waals surface area contributed by atoms with Crippen LogP contribution in [0.1, 0.15) is 121 Å². The highest BCUT2D eigenvalue weighted by Gasteiger charge is 2.55. The molecule has 0 atom stereocenters. The molecule has 0 aromatic heterocycles. The minimum Gasteiger partial charge on any atom is -0.497 e. The van der Waals surface area contributed by atoms with E-state index >= 15 is 0 Å². The molecule has 4 bridgehead atoms. The molecule has 0 fully saturated rings. The first-order valence-electron chi connectivity index (χ1n) is 16.0. The van der Waals surface area contributed by atoms with Crippen LogP contribution >= 0.6 is 0 Å². The molecule has 214 valence electrons. The van der Waals surface area contributed by atoms with E-state index < -0.39 is 14.6 Å². The highest BCUT2D eigenvalue weighted by Crippen LogP contribution is 2.67. The monoisotopic (exact) mass is 546 g/mol. The number of hydrogen-bond donors (Lipinski definition) is 0. The van der Waals surface area contributed by atoms with Gasteiger partial charge in [-0.2, -0.15) is 0 Å². The van der Waals surface area contributed by atoms with Crippen molar-refractivity contribution < 1.29 is 27.9 Å². The average molecular weight is 546 g/mol. The Hall–Kier alpha value is -2.31. The van der Waals surface area contributed by atoms with E-state index in [1.807, 2.05) is 0 Å². The van der Waals surface area contributed by atoms with Gasteiger partial charge in [0.15, 0.2) is 23.0 Å². The molecule has 0 spiro atoms. The summed E-state index contributed by atoms with van der Waals surface area (Å²) < 4.78 is 37.3. The van der Waals surface area contributed by atoms with Crippen LogP contribution in [0.5, 0.6) is 23.0 Å². The third kappa shape index (κ3) is 5.22. The van der Waals surface area contributed by atoms with E-state index in [0.717, 1.165) is 29.9 Å². The average Bonchev–Trinajstić information content (AvgIpc) is 3.65. The van der Waals surface area contributed by atoms with Crippen LogP contribution < -0.4 is 18.6 Å². The number of unbranched alkanes of at least 4 members (excludes halogenated alkanes) is 10. The Balaban J connectivity index is 1.41. The van der Waals surface area contributed by atoms with Gasteiger partial charge in [-0.15, -0.1) is 0 Å². The van der Waals surface area contributed by atoms with E-state index in [-0.39, 0.29) is 5.41 Å². The summed E-state index contributed by atoms with van der Waals surface area (Å²) in [5.41, 5.74) is 4.74. The third-order valence-electron chi connectivity index (χ3n) is 9.08. The molecule has 0 radical (unpaired) electrons. The topological polar surface area (TPSA) is 55.4 Å². The largest absolute Gasteiger partial charge is 0.788 e. The van der Waals surface area contributed by atoms with E-state index in [1.54, 1.807) is 0 Å². The summed E-state index contributed by atoms with van der Waals surface area (Å²) in [5.74, 6) is 2.69. The van der Waals surface area contributed by atoms with Gasteiger partial charge in [-0.25, -0.2) is 0 Å². The Labute approximate surface area is 240 Å². The maximum absolute atomic E-state index is 6.52. The van der Waals surface area contributed by atoms with Crippen molar-refractivity contribution in [3.63, 3.8) is 0 Å². The second-order valence-electron chi connectivity index (χ2n) is 11.9. The second kappa shape index (κ2) is 12.7. The minimum absolute atomic E-state index is 0.165. The molecule has 3 aliphatic heterocycles. The van der Waals surface area contributed by atoms with Crippen molar-refractivity contribution in [3.05, 3.63) is 35.4 Å². The minimum atomic E-state index is -0.786. The molecule has 0 saturated carbocycles. The number of hydrogen-bond acceptors (Lipinski definition) is 6. The quantitative estimate of drug-likeness (QED) is 0.175. The van der Waals surface area contributed by atoms with E-state index in [0.29, 0.717) is 31.1 Å². The Morgan fingerprint density at radius 2 is 1.15 bits per heavy atom. The van der Waals surface area contributed by atoms with Crippen molar-refractivity contribution in [1.82, 2.24) is 0 Å². The van der Waals surface area contributed by atoms with Crippen molar-refractivity contribution in [1.29, 1.82) is 0 Å². The van der Waals surface area contributed by atoms with Gasteiger partial charge >= 0.3 is 14.6 Å². The van der Waals surface area contributed by atoms with Gasteiger partial charge in [0.05, 0.1) is 0 Å². The van der Waals surface area contributed by atoms with E-state index in [4.69, 9.17) is 27.9 Å². The summed E-state index contributed by atoms with van der Waals surface area (Å²) in [7, 11) is -1.57. The summed E-state index contributed by atoms with van der Waals surface area (Å²) in [6.45, 7) is 5.52. The molecular weight excluding hydrogens is 502 g/mol. The molecule has 0 amide bonds. The SMILES string of the molecule is CCCCCCCCC1(CCCCCCCC)c2ccccc2-c2c3c4c5c(c21)OB(OCCCOB(O4)O3)O5. The summed E-state index contributed by atoms with van der Waals surface area (Å²) in [6, 6.07) is 8.89. The van der Waals surface area contributed by atoms with E-state index in [1.165, 1.54) is 93.7 Å².